The van der Waals surface area contributed by atoms with E-state index in [1.807, 2.05) is 0 Å². The summed E-state index contributed by atoms with van der Waals surface area (Å²) in [5.41, 5.74) is 9.28. The van der Waals surface area contributed by atoms with Crippen molar-refractivity contribution in [3.05, 3.63) is 34.9 Å². The van der Waals surface area contributed by atoms with E-state index in [4.69, 9.17) is 5.73 Å². The molecule has 1 aromatic carbocycles. The molecule has 1 atom stereocenters. The van der Waals surface area contributed by atoms with Crippen LogP contribution in [-0.2, 0) is 6.42 Å². The highest BCUT2D eigenvalue weighted by Crippen LogP contribution is 2.12. The Hall–Kier alpha value is -0.860. The minimum absolute atomic E-state index is 0.254. The summed E-state index contributed by atoms with van der Waals surface area (Å²) in [5.74, 6) is 0. The van der Waals surface area contributed by atoms with Crippen LogP contribution in [-0.4, -0.2) is 17.8 Å². The molecule has 0 saturated carbocycles. The monoisotopic (exact) mass is 207 g/mol. The summed E-state index contributed by atoms with van der Waals surface area (Å²) in [7, 11) is 0. The second-order valence-electron chi connectivity index (χ2n) is 4.27. The van der Waals surface area contributed by atoms with Crippen LogP contribution >= 0.6 is 0 Å². The fourth-order valence-corrected chi connectivity index (χ4v) is 1.88. The van der Waals surface area contributed by atoms with E-state index in [1.165, 1.54) is 16.7 Å². The number of hydrogen-bond donors (Lipinski definition) is 2. The van der Waals surface area contributed by atoms with Crippen LogP contribution in [0.1, 0.15) is 29.5 Å². The van der Waals surface area contributed by atoms with Crippen molar-refractivity contribution in [1.82, 2.24) is 0 Å². The standard InChI is InChI=1S/C13H21NO/c1-10-7-11(2)9-12(8-10)3-4-13(15)5-6-14/h7-9,13,15H,3-6,14H2,1-2H3. The summed E-state index contributed by atoms with van der Waals surface area (Å²) in [6.45, 7) is 4.77. The summed E-state index contributed by atoms with van der Waals surface area (Å²) < 4.78 is 0. The van der Waals surface area contributed by atoms with Gasteiger partial charge in [0.2, 0.25) is 0 Å². The first kappa shape index (κ1) is 12.2. The quantitative estimate of drug-likeness (QED) is 0.775. The van der Waals surface area contributed by atoms with Crippen molar-refractivity contribution in [1.29, 1.82) is 0 Å². The van der Waals surface area contributed by atoms with Gasteiger partial charge in [-0.15, -0.1) is 0 Å². The van der Waals surface area contributed by atoms with Gasteiger partial charge in [0.1, 0.15) is 0 Å². The van der Waals surface area contributed by atoms with Gasteiger partial charge in [-0.2, -0.15) is 0 Å². The van der Waals surface area contributed by atoms with E-state index in [0.717, 1.165) is 12.8 Å². The second-order valence-corrected chi connectivity index (χ2v) is 4.27. The van der Waals surface area contributed by atoms with Gasteiger partial charge in [-0.3, -0.25) is 0 Å². The Morgan fingerprint density at radius 2 is 1.73 bits per heavy atom. The molecule has 0 radical (unpaired) electrons. The third kappa shape index (κ3) is 4.45. The lowest BCUT2D eigenvalue weighted by molar-refractivity contribution is 0.157. The second kappa shape index (κ2) is 5.89. The van der Waals surface area contributed by atoms with Gasteiger partial charge in [0, 0.05) is 0 Å². The van der Waals surface area contributed by atoms with Crippen molar-refractivity contribution >= 4 is 0 Å². The van der Waals surface area contributed by atoms with Crippen LogP contribution in [0, 0.1) is 13.8 Å². The van der Waals surface area contributed by atoms with Crippen LogP contribution in [0.4, 0.5) is 0 Å². The normalized spacial score (nSPS) is 12.8. The SMILES string of the molecule is Cc1cc(C)cc(CCC(O)CCN)c1. The van der Waals surface area contributed by atoms with Crippen LogP contribution in [0.5, 0.6) is 0 Å². The summed E-state index contributed by atoms with van der Waals surface area (Å²) in [4.78, 5) is 0. The fourth-order valence-electron chi connectivity index (χ4n) is 1.88. The maximum Gasteiger partial charge on any atom is 0.0555 e. The number of nitrogens with two attached hydrogens (primary N) is 1. The largest absolute Gasteiger partial charge is 0.393 e. The zero-order valence-corrected chi connectivity index (χ0v) is 9.66. The van der Waals surface area contributed by atoms with E-state index in [2.05, 4.69) is 32.0 Å². The number of aliphatic hydroxyl groups excluding tert-OH is 1. The van der Waals surface area contributed by atoms with E-state index >= 15 is 0 Å². The number of hydrogen-bond acceptors (Lipinski definition) is 2. The molecule has 84 valence electrons. The topological polar surface area (TPSA) is 46.2 Å². The molecular formula is C13H21NO. The molecular weight excluding hydrogens is 186 g/mol. The summed E-state index contributed by atoms with van der Waals surface area (Å²) in [5, 5.41) is 9.57. The summed E-state index contributed by atoms with van der Waals surface area (Å²) in [6.07, 6.45) is 2.19. The third-order valence-electron chi connectivity index (χ3n) is 2.55. The van der Waals surface area contributed by atoms with Gasteiger partial charge in [0.05, 0.1) is 6.10 Å². The zero-order chi connectivity index (χ0) is 11.3. The maximum absolute atomic E-state index is 9.57. The lowest BCUT2D eigenvalue weighted by atomic mass is 10.0. The number of aryl methyl sites for hydroxylation is 3. The Morgan fingerprint density at radius 1 is 1.13 bits per heavy atom. The molecule has 0 aromatic heterocycles. The Morgan fingerprint density at radius 3 is 2.27 bits per heavy atom. The van der Waals surface area contributed by atoms with Gasteiger partial charge in [0.25, 0.3) is 0 Å². The molecule has 0 spiro atoms. The van der Waals surface area contributed by atoms with Crippen molar-refractivity contribution in [3.8, 4) is 0 Å². The van der Waals surface area contributed by atoms with Crippen molar-refractivity contribution in [3.63, 3.8) is 0 Å². The number of rotatable bonds is 5. The lowest BCUT2D eigenvalue weighted by Gasteiger charge is -2.09. The van der Waals surface area contributed by atoms with Gasteiger partial charge in [-0.1, -0.05) is 29.3 Å². The molecule has 0 aliphatic heterocycles. The van der Waals surface area contributed by atoms with Gasteiger partial charge in [0.15, 0.2) is 0 Å². The average Bonchev–Trinajstić information content (AvgIpc) is 2.14. The molecule has 0 amide bonds. The molecule has 2 heteroatoms. The van der Waals surface area contributed by atoms with Crippen molar-refractivity contribution in [2.45, 2.75) is 39.2 Å². The molecule has 1 rings (SSSR count). The first-order chi connectivity index (χ1) is 7.11. The summed E-state index contributed by atoms with van der Waals surface area (Å²) >= 11 is 0. The molecule has 1 aromatic rings. The molecule has 0 heterocycles. The van der Waals surface area contributed by atoms with E-state index in [0.29, 0.717) is 13.0 Å². The molecule has 3 N–H and O–H groups in total. The lowest BCUT2D eigenvalue weighted by Crippen LogP contribution is -2.14. The number of benzene rings is 1. The average molecular weight is 207 g/mol. The molecule has 0 saturated heterocycles. The van der Waals surface area contributed by atoms with Gasteiger partial charge >= 0.3 is 0 Å². The highest BCUT2D eigenvalue weighted by atomic mass is 16.3. The fraction of sp³-hybridized carbons (Fsp3) is 0.538. The van der Waals surface area contributed by atoms with Crippen LogP contribution in [0.3, 0.4) is 0 Å². The Kier molecular flexibility index (Phi) is 4.79. The Bertz CT molecular complexity index is 289. The molecule has 2 nitrogen and oxygen atoms in total. The third-order valence-corrected chi connectivity index (χ3v) is 2.55. The van der Waals surface area contributed by atoms with Crippen LogP contribution < -0.4 is 5.73 Å². The Labute approximate surface area is 92.1 Å². The first-order valence-corrected chi connectivity index (χ1v) is 5.57. The highest BCUT2D eigenvalue weighted by molar-refractivity contribution is 5.28. The van der Waals surface area contributed by atoms with Crippen molar-refractivity contribution in [2.24, 2.45) is 5.73 Å². The van der Waals surface area contributed by atoms with Crippen LogP contribution in [0.25, 0.3) is 0 Å². The summed E-state index contributed by atoms with van der Waals surface area (Å²) in [6, 6.07) is 6.53. The predicted molar refractivity (Wildman–Crippen MR) is 63.9 cm³/mol. The van der Waals surface area contributed by atoms with E-state index in [-0.39, 0.29) is 6.10 Å². The highest BCUT2D eigenvalue weighted by Gasteiger charge is 2.03. The van der Waals surface area contributed by atoms with E-state index < -0.39 is 0 Å². The minimum Gasteiger partial charge on any atom is -0.393 e. The maximum atomic E-state index is 9.57. The van der Waals surface area contributed by atoms with Gasteiger partial charge in [-0.25, -0.2) is 0 Å². The molecule has 0 fully saturated rings. The van der Waals surface area contributed by atoms with Gasteiger partial charge in [-0.05, 0) is 45.2 Å². The van der Waals surface area contributed by atoms with Crippen molar-refractivity contribution < 1.29 is 5.11 Å². The molecule has 0 bridgehead atoms. The Balaban J connectivity index is 2.50. The molecule has 15 heavy (non-hydrogen) atoms. The molecule has 0 aliphatic rings. The van der Waals surface area contributed by atoms with E-state index in [9.17, 15) is 5.11 Å². The minimum atomic E-state index is -0.254. The first-order valence-electron chi connectivity index (χ1n) is 5.57. The van der Waals surface area contributed by atoms with Gasteiger partial charge < -0.3 is 10.8 Å². The molecule has 0 aliphatic carbocycles. The van der Waals surface area contributed by atoms with E-state index in [1.54, 1.807) is 0 Å². The van der Waals surface area contributed by atoms with Crippen LogP contribution in [0.2, 0.25) is 0 Å². The van der Waals surface area contributed by atoms with Crippen molar-refractivity contribution in [2.75, 3.05) is 6.54 Å². The predicted octanol–water partition coefficient (Wildman–Crippen LogP) is 1.95. The molecule has 1 unspecified atom stereocenters. The number of aliphatic hydroxyl groups is 1. The zero-order valence-electron chi connectivity index (χ0n) is 9.66. The van der Waals surface area contributed by atoms with Crippen LogP contribution in [0.15, 0.2) is 18.2 Å². The smallest absolute Gasteiger partial charge is 0.0555 e.